The minimum atomic E-state index is -1.27. The number of hydrogen-bond acceptors (Lipinski definition) is 5. The Morgan fingerprint density at radius 3 is 2.50 bits per heavy atom. The molecule has 0 radical (unpaired) electrons. The van der Waals surface area contributed by atoms with Gasteiger partial charge in [-0.2, -0.15) is 18.7 Å². The second-order valence-electron chi connectivity index (χ2n) is 2.39. The molecule has 0 spiro atoms. The number of rotatable bonds is 4. The highest BCUT2D eigenvalue weighted by Crippen LogP contribution is 2.02. The van der Waals surface area contributed by atoms with E-state index in [1.54, 1.807) is 0 Å². The molecule has 0 aliphatic rings. The van der Waals surface area contributed by atoms with Crippen molar-refractivity contribution in [1.29, 1.82) is 0 Å². The maximum atomic E-state index is 12.5. The van der Waals surface area contributed by atoms with Gasteiger partial charge in [0.25, 0.3) is 0 Å². The maximum Gasteiger partial charge on any atom is 0.228 e. The smallest absolute Gasteiger partial charge is 0.228 e. The zero-order chi connectivity index (χ0) is 10.6. The Hall–Kier alpha value is -1.79. The minimum Gasteiger partial charge on any atom is -0.550 e. The van der Waals surface area contributed by atoms with Gasteiger partial charge in [-0.05, 0) is 0 Å². The topological polar surface area (TPSA) is 77.9 Å². The average Bonchev–Trinajstić information content (AvgIpc) is 2.01. The molecule has 7 heteroatoms. The lowest BCUT2D eigenvalue weighted by atomic mass is 10.4. The van der Waals surface area contributed by atoms with Crippen LogP contribution in [0, 0.1) is 11.9 Å². The van der Waals surface area contributed by atoms with Gasteiger partial charge in [0.1, 0.15) is 0 Å². The number of aromatic nitrogens is 2. The van der Waals surface area contributed by atoms with Crippen molar-refractivity contribution in [2.45, 2.75) is 6.42 Å². The van der Waals surface area contributed by atoms with Gasteiger partial charge < -0.3 is 15.2 Å². The average molecular weight is 202 g/mol. The number of nitrogens with one attached hydrogen (secondary N) is 1. The van der Waals surface area contributed by atoms with Gasteiger partial charge in [0.15, 0.2) is 0 Å². The molecule has 0 aliphatic carbocycles. The van der Waals surface area contributed by atoms with Crippen LogP contribution < -0.4 is 10.4 Å². The molecule has 0 saturated heterocycles. The zero-order valence-corrected chi connectivity index (χ0v) is 6.96. The van der Waals surface area contributed by atoms with E-state index in [1.807, 2.05) is 0 Å². The highest BCUT2D eigenvalue weighted by molar-refractivity contribution is 5.64. The molecule has 14 heavy (non-hydrogen) atoms. The van der Waals surface area contributed by atoms with Crippen LogP contribution in [0.1, 0.15) is 6.42 Å². The molecule has 0 amide bonds. The van der Waals surface area contributed by atoms with E-state index < -0.39 is 17.9 Å². The molecule has 1 rings (SSSR count). The van der Waals surface area contributed by atoms with Gasteiger partial charge in [-0.15, -0.1) is 0 Å². The minimum absolute atomic E-state index is 0.0504. The lowest BCUT2D eigenvalue weighted by molar-refractivity contribution is -0.305. The van der Waals surface area contributed by atoms with Crippen LogP contribution in [-0.2, 0) is 4.79 Å². The molecule has 1 heterocycles. The summed E-state index contributed by atoms with van der Waals surface area (Å²) in [5.74, 6) is -3.60. The summed E-state index contributed by atoms with van der Waals surface area (Å²) in [6.45, 7) is -0.0504. The van der Waals surface area contributed by atoms with Crippen molar-refractivity contribution in [2.75, 3.05) is 11.9 Å². The van der Waals surface area contributed by atoms with Gasteiger partial charge in [0.05, 0.1) is 0 Å². The second-order valence-corrected chi connectivity index (χ2v) is 2.39. The van der Waals surface area contributed by atoms with E-state index in [9.17, 15) is 18.7 Å². The Morgan fingerprint density at radius 2 is 2.00 bits per heavy atom. The highest BCUT2D eigenvalue weighted by atomic mass is 19.1. The Balaban J connectivity index is 2.54. The Labute approximate surface area is 77.8 Å². The van der Waals surface area contributed by atoms with Crippen molar-refractivity contribution >= 4 is 11.9 Å². The number of carbonyl (C=O) groups is 1. The summed E-state index contributed by atoms with van der Waals surface area (Å²) in [5, 5.41) is 12.3. The van der Waals surface area contributed by atoms with E-state index >= 15 is 0 Å². The highest BCUT2D eigenvalue weighted by Gasteiger charge is 2.02. The Kier molecular flexibility index (Phi) is 3.27. The molecule has 0 saturated carbocycles. The largest absolute Gasteiger partial charge is 0.550 e. The number of anilines is 1. The molecular weight excluding hydrogens is 196 g/mol. The quantitative estimate of drug-likeness (QED) is 0.653. The lowest BCUT2D eigenvalue weighted by Gasteiger charge is -2.04. The van der Waals surface area contributed by atoms with E-state index in [4.69, 9.17) is 0 Å². The molecule has 0 aliphatic heterocycles. The number of carboxylic acids is 1. The van der Waals surface area contributed by atoms with Crippen LogP contribution in [0.15, 0.2) is 6.07 Å². The Morgan fingerprint density at radius 1 is 1.43 bits per heavy atom. The van der Waals surface area contributed by atoms with Crippen molar-refractivity contribution < 1.29 is 18.7 Å². The first-order valence-corrected chi connectivity index (χ1v) is 3.72. The molecule has 1 aromatic heterocycles. The van der Waals surface area contributed by atoms with Crippen LogP contribution >= 0.6 is 0 Å². The third-order valence-corrected chi connectivity index (χ3v) is 1.28. The Bertz CT molecular complexity index is 325. The summed E-state index contributed by atoms with van der Waals surface area (Å²) in [6, 6.07) is 0.518. The summed E-state index contributed by atoms with van der Waals surface area (Å²) in [7, 11) is 0. The SMILES string of the molecule is O=C([O-])CCNc1nc(F)cc(F)n1. The maximum absolute atomic E-state index is 12.5. The van der Waals surface area contributed by atoms with Crippen LogP contribution in [0.3, 0.4) is 0 Å². The summed E-state index contributed by atoms with van der Waals surface area (Å²) in [4.78, 5) is 16.4. The van der Waals surface area contributed by atoms with Gasteiger partial charge in [-0.3, -0.25) is 0 Å². The van der Waals surface area contributed by atoms with Crippen molar-refractivity contribution in [2.24, 2.45) is 0 Å². The first kappa shape index (κ1) is 10.3. The van der Waals surface area contributed by atoms with Crippen LogP contribution in [0.5, 0.6) is 0 Å². The summed E-state index contributed by atoms with van der Waals surface area (Å²) in [5.41, 5.74) is 0. The second kappa shape index (κ2) is 4.45. The number of hydrogen-bond donors (Lipinski definition) is 1. The van der Waals surface area contributed by atoms with Crippen molar-refractivity contribution in [3.8, 4) is 0 Å². The van der Waals surface area contributed by atoms with E-state index in [2.05, 4.69) is 15.3 Å². The monoisotopic (exact) mass is 202 g/mol. The molecule has 5 nitrogen and oxygen atoms in total. The molecular formula is C7H6F2N3O2-. The van der Waals surface area contributed by atoms with Crippen LogP contribution in [0.4, 0.5) is 14.7 Å². The fraction of sp³-hybridized carbons (Fsp3) is 0.286. The van der Waals surface area contributed by atoms with Crippen molar-refractivity contribution in [1.82, 2.24) is 9.97 Å². The molecule has 0 atom stereocenters. The number of nitrogens with zero attached hydrogens (tertiary/aromatic N) is 2. The number of carboxylic acid groups (broad SMARTS) is 1. The molecule has 0 aromatic carbocycles. The molecule has 0 fully saturated rings. The van der Waals surface area contributed by atoms with E-state index in [0.29, 0.717) is 6.07 Å². The van der Waals surface area contributed by atoms with Gasteiger partial charge in [0, 0.05) is 25.0 Å². The molecule has 0 bridgehead atoms. The van der Waals surface area contributed by atoms with Gasteiger partial charge in [-0.25, -0.2) is 0 Å². The number of aliphatic carboxylic acids is 1. The third-order valence-electron chi connectivity index (χ3n) is 1.28. The summed E-state index contributed by atoms with van der Waals surface area (Å²) >= 11 is 0. The molecule has 1 N–H and O–H groups in total. The van der Waals surface area contributed by atoms with Gasteiger partial charge in [-0.1, -0.05) is 0 Å². The first-order valence-electron chi connectivity index (χ1n) is 3.72. The van der Waals surface area contributed by atoms with Crippen LogP contribution in [-0.4, -0.2) is 22.5 Å². The van der Waals surface area contributed by atoms with Crippen LogP contribution in [0.25, 0.3) is 0 Å². The predicted molar refractivity (Wildman–Crippen MR) is 40.1 cm³/mol. The molecule has 76 valence electrons. The standard InChI is InChI=1S/C7H7F2N3O2/c8-4-3-5(9)12-7(11-4)10-2-1-6(13)14/h3H,1-2H2,(H,13,14)(H,10,11,12)/p-1. The van der Waals surface area contributed by atoms with E-state index in [1.165, 1.54) is 0 Å². The van der Waals surface area contributed by atoms with Crippen LogP contribution in [0.2, 0.25) is 0 Å². The number of carbonyl (C=O) groups excluding carboxylic acids is 1. The molecule has 1 aromatic rings. The van der Waals surface area contributed by atoms with Gasteiger partial charge in [0.2, 0.25) is 17.8 Å². The summed E-state index contributed by atoms with van der Waals surface area (Å²) < 4.78 is 24.9. The van der Waals surface area contributed by atoms with Crippen molar-refractivity contribution in [3.05, 3.63) is 18.0 Å². The lowest BCUT2D eigenvalue weighted by Crippen LogP contribution is -2.25. The predicted octanol–water partition coefficient (Wildman–Crippen LogP) is -0.693. The zero-order valence-electron chi connectivity index (χ0n) is 6.96. The molecule has 0 unspecified atom stereocenters. The summed E-state index contributed by atoms with van der Waals surface area (Å²) in [6.07, 6.45) is -0.290. The fourth-order valence-electron chi connectivity index (χ4n) is 0.746. The fourth-order valence-corrected chi connectivity index (χ4v) is 0.746. The first-order chi connectivity index (χ1) is 6.58. The number of halogens is 2. The van der Waals surface area contributed by atoms with E-state index in [0.717, 1.165) is 0 Å². The third kappa shape index (κ3) is 3.30. The van der Waals surface area contributed by atoms with E-state index in [-0.39, 0.29) is 18.9 Å². The van der Waals surface area contributed by atoms with Gasteiger partial charge >= 0.3 is 0 Å². The van der Waals surface area contributed by atoms with Crippen molar-refractivity contribution in [3.63, 3.8) is 0 Å². The normalized spacial score (nSPS) is 9.86.